The first-order valence-electron chi connectivity index (χ1n) is 7.70. The molecule has 0 saturated carbocycles. The molecule has 1 aromatic carbocycles. The van der Waals surface area contributed by atoms with Gasteiger partial charge in [-0.15, -0.1) is 0 Å². The van der Waals surface area contributed by atoms with E-state index in [1.807, 2.05) is 6.92 Å². The molecule has 2 aromatic rings. The summed E-state index contributed by atoms with van der Waals surface area (Å²) in [7, 11) is 0. The number of rotatable bonds is 5. The molecule has 1 amide bonds. The van der Waals surface area contributed by atoms with E-state index in [2.05, 4.69) is 0 Å². The zero-order chi connectivity index (χ0) is 18.8. The molecule has 6 nitrogen and oxygen atoms in total. The largest absolute Gasteiger partial charge is 0.457 e. The first-order chi connectivity index (χ1) is 12.4. The summed E-state index contributed by atoms with van der Waals surface area (Å²) in [6.07, 6.45) is 2.45. The van der Waals surface area contributed by atoms with E-state index < -0.39 is 4.92 Å². The second-order valence-electron chi connectivity index (χ2n) is 5.46. The van der Waals surface area contributed by atoms with E-state index in [-0.39, 0.29) is 16.6 Å². The maximum Gasteiger partial charge on any atom is 0.288 e. The van der Waals surface area contributed by atoms with Crippen molar-refractivity contribution in [3.63, 3.8) is 0 Å². The van der Waals surface area contributed by atoms with Crippen LogP contribution in [-0.2, 0) is 4.79 Å². The molecule has 1 saturated heterocycles. The van der Waals surface area contributed by atoms with Gasteiger partial charge in [-0.2, -0.15) is 0 Å². The molecule has 1 aromatic heterocycles. The molecule has 0 radical (unpaired) electrons. The molecule has 1 aliphatic heterocycles. The van der Waals surface area contributed by atoms with Crippen molar-refractivity contribution in [3.05, 3.63) is 56.1 Å². The van der Waals surface area contributed by atoms with Crippen molar-refractivity contribution in [1.82, 2.24) is 4.90 Å². The Morgan fingerprint density at radius 2 is 2.15 bits per heavy atom. The van der Waals surface area contributed by atoms with E-state index in [0.29, 0.717) is 32.9 Å². The second-order valence-corrected chi connectivity index (χ2v) is 7.54. The molecule has 2 heterocycles. The third kappa shape index (κ3) is 3.67. The van der Waals surface area contributed by atoms with E-state index in [1.54, 1.807) is 29.2 Å². The molecule has 1 fully saturated rings. The van der Waals surface area contributed by atoms with Crippen molar-refractivity contribution in [2.45, 2.75) is 13.3 Å². The van der Waals surface area contributed by atoms with Crippen LogP contribution in [0.3, 0.4) is 0 Å². The van der Waals surface area contributed by atoms with Crippen LogP contribution in [0.25, 0.3) is 17.4 Å². The molecule has 26 heavy (non-hydrogen) atoms. The lowest BCUT2D eigenvalue weighted by Gasteiger charge is -2.11. The number of nitro groups is 1. The monoisotopic (exact) mass is 408 g/mol. The topological polar surface area (TPSA) is 76.6 Å². The lowest BCUT2D eigenvalue weighted by atomic mass is 10.1. The van der Waals surface area contributed by atoms with E-state index in [4.69, 9.17) is 28.2 Å². The van der Waals surface area contributed by atoms with Gasteiger partial charge in [-0.1, -0.05) is 42.5 Å². The van der Waals surface area contributed by atoms with E-state index in [1.165, 1.54) is 23.9 Å². The fraction of sp³-hybridized carbons (Fsp3) is 0.176. The maximum atomic E-state index is 12.4. The number of hydrogen-bond acceptors (Lipinski definition) is 6. The minimum Gasteiger partial charge on any atom is -0.457 e. The summed E-state index contributed by atoms with van der Waals surface area (Å²) >= 11 is 12.3. The Morgan fingerprint density at radius 3 is 2.85 bits per heavy atom. The average molecular weight is 409 g/mol. The Balaban J connectivity index is 1.87. The standard InChI is InChI=1S/C17H13ClN2O4S2/c1-2-7-19-16(21)15(26-17(19)25)9-11-4-6-14(24-11)10-3-5-12(18)13(8-10)20(22)23/h3-6,8-9H,2,7H2,1H3/b15-9-. The number of hydrogen-bond donors (Lipinski definition) is 0. The Morgan fingerprint density at radius 1 is 1.38 bits per heavy atom. The first kappa shape index (κ1) is 18.6. The molecular weight excluding hydrogens is 396 g/mol. The number of thioether (sulfide) groups is 1. The molecule has 0 spiro atoms. The van der Waals surface area contributed by atoms with Gasteiger partial charge in [-0.05, 0) is 30.7 Å². The van der Waals surface area contributed by atoms with Crippen molar-refractivity contribution in [2.24, 2.45) is 0 Å². The number of amides is 1. The highest BCUT2D eigenvalue weighted by molar-refractivity contribution is 8.26. The number of benzene rings is 1. The third-order valence-corrected chi connectivity index (χ3v) is 5.35. The average Bonchev–Trinajstić information content (AvgIpc) is 3.16. The van der Waals surface area contributed by atoms with Crippen LogP contribution in [-0.4, -0.2) is 26.6 Å². The fourth-order valence-electron chi connectivity index (χ4n) is 2.44. The Labute approximate surface area is 164 Å². The predicted octanol–water partition coefficient (Wildman–Crippen LogP) is 5.12. The number of carbonyl (C=O) groups excluding carboxylic acids is 1. The smallest absolute Gasteiger partial charge is 0.288 e. The van der Waals surface area contributed by atoms with Crippen molar-refractivity contribution >= 4 is 57.6 Å². The van der Waals surface area contributed by atoms with Crippen molar-refractivity contribution in [2.75, 3.05) is 6.54 Å². The third-order valence-electron chi connectivity index (χ3n) is 3.65. The molecule has 0 N–H and O–H groups in total. The molecule has 3 rings (SSSR count). The van der Waals surface area contributed by atoms with Gasteiger partial charge in [0.05, 0.1) is 9.83 Å². The summed E-state index contributed by atoms with van der Waals surface area (Å²) in [5.74, 6) is 0.775. The minimum absolute atomic E-state index is 0.0603. The van der Waals surface area contributed by atoms with Crippen LogP contribution in [0.5, 0.6) is 0 Å². The predicted molar refractivity (Wildman–Crippen MR) is 106 cm³/mol. The van der Waals surface area contributed by atoms with Gasteiger partial charge < -0.3 is 4.42 Å². The van der Waals surface area contributed by atoms with Crippen molar-refractivity contribution in [3.8, 4) is 11.3 Å². The Bertz CT molecular complexity index is 939. The zero-order valence-corrected chi connectivity index (χ0v) is 16.0. The minimum atomic E-state index is -0.547. The SMILES string of the molecule is CCCN1C(=O)/C(=C/c2ccc(-c3ccc(Cl)c([N+](=O)[O-])c3)o2)SC1=S. The maximum absolute atomic E-state index is 12.4. The van der Waals surface area contributed by atoms with Crippen LogP contribution in [0.1, 0.15) is 19.1 Å². The zero-order valence-electron chi connectivity index (χ0n) is 13.6. The van der Waals surface area contributed by atoms with Gasteiger partial charge in [0, 0.05) is 24.3 Å². The summed E-state index contributed by atoms with van der Waals surface area (Å²) in [6.45, 7) is 2.56. The molecule has 0 aliphatic carbocycles. The molecular formula is C17H13ClN2O4S2. The normalized spacial score (nSPS) is 15.9. The lowest BCUT2D eigenvalue weighted by Crippen LogP contribution is -2.28. The summed E-state index contributed by atoms with van der Waals surface area (Å²) in [6, 6.07) is 7.82. The quantitative estimate of drug-likeness (QED) is 0.296. The Kier molecular flexibility index (Phi) is 5.45. The number of halogens is 1. The number of carbonyl (C=O) groups is 1. The van der Waals surface area contributed by atoms with E-state index in [0.717, 1.165) is 6.42 Å². The van der Waals surface area contributed by atoms with Crippen LogP contribution in [0.4, 0.5) is 5.69 Å². The summed E-state index contributed by atoms with van der Waals surface area (Å²) in [4.78, 5) is 24.9. The number of nitro benzene ring substituents is 1. The highest BCUT2D eigenvalue weighted by Gasteiger charge is 2.31. The van der Waals surface area contributed by atoms with Gasteiger partial charge in [-0.25, -0.2) is 0 Å². The van der Waals surface area contributed by atoms with Gasteiger partial charge in [0.15, 0.2) is 0 Å². The fourth-order valence-corrected chi connectivity index (χ4v) is 3.91. The first-order valence-corrected chi connectivity index (χ1v) is 9.30. The molecule has 9 heteroatoms. The van der Waals surface area contributed by atoms with Crippen LogP contribution < -0.4 is 0 Å². The lowest BCUT2D eigenvalue weighted by molar-refractivity contribution is -0.384. The van der Waals surface area contributed by atoms with Crippen LogP contribution in [0.15, 0.2) is 39.7 Å². The Hall–Kier alpha value is -2.16. The van der Waals surface area contributed by atoms with Gasteiger partial charge in [0.2, 0.25) is 0 Å². The highest BCUT2D eigenvalue weighted by atomic mass is 35.5. The summed E-state index contributed by atoms with van der Waals surface area (Å²) in [5, 5.41) is 11.1. The molecule has 0 atom stereocenters. The van der Waals surface area contributed by atoms with Crippen LogP contribution in [0.2, 0.25) is 5.02 Å². The second kappa shape index (κ2) is 7.61. The molecule has 1 aliphatic rings. The molecule has 0 bridgehead atoms. The van der Waals surface area contributed by atoms with Crippen molar-refractivity contribution < 1.29 is 14.1 Å². The van der Waals surface area contributed by atoms with Gasteiger partial charge in [-0.3, -0.25) is 19.8 Å². The number of nitrogens with zero attached hydrogens (tertiary/aromatic N) is 2. The van der Waals surface area contributed by atoms with E-state index in [9.17, 15) is 14.9 Å². The number of thiocarbonyl (C=S) groups is 1. The van der Waals surface area contributed by atoms with Gasteiger partial charge in [0.25, 0.3) is 11.6 Å². The van der Waals surface area contributed by atoms with Gasteiger partial charge in [0.1, 0.15) is 20.9 Å². The van der Waals surface area contributed by atoms with Gasteiger partial charge >= 0.3 is 0 Å². The van der Waals surface area contributed by atoms with Crippen LogP contribution >= 0.6 is 35.6 Å². The summed E-state index contributed by atoms with van der Waals surface area (Å²) in [5.41, 5.74) is 0.335. The summed E-state index contributed by atoms with van der Waals surface area (Å²) < 4.78 is 6.25. The van der Waals surface area contributed by atoms with Crippen molar-refractivity contribution in [1.29, 1.82) is 0 Å². The van der Waals surface area contributed by atoms with Crippen LogP contribution in [0, 0.1) is 10.1 Å². The van der Waals surface area contributed by atoms with E-state index >= 15 is 0 Å². The molecule has 0 unspecified atom stereocenters. The number of furan rings is 1. The molecule has 134 valence electrons. The highest BCUT2D eigenvalue weighted by Crippen LogP contribution is 2.35.